The van der Waals surface area contributed by atoms with Crippen molar-refractivity contribution in [2.45, 2.75) is 4.90 Å². The minimum Gasteiger partial charge on any atom is -0.495 e. The maximum atomic E-state index is 13.5. The highest BCUT2D eigenvalue weighted by molar-refractivity contribution is 7.92. The molecule has 0 atom stereocenters. The van der Waals surface area contributed by atoms with Gasteiger partial charge in [-0.05, 0) is 42.5 Å². The third-order valence-corrected chi connectivity index (χ3v) is 6.98. The quantitative estimate of drug-likeness (QED) is 0.397. The minimum absolute atomic E-state index is 0.00365. The molecule has 3 aromatic carbocycles. The Kier molecular flexibility index (Phi) is 8.51. The minimum atomic E-state index is -4.13. The Morgan fingerprint density at radius 1 is 1.06 bits per heavy atom. The Bertz CT molecular complexity index is 1330. The van der Waals surface area contributed by atoms with Crippen LogP contribution < -0.4 is 19.7 Å². The van der Waals surface area contributed by atoms with E-state index in [9.17, 15) is 18.0 Å². The number of nitrogens with one attached hydrogen (secondary N) is 2. The van der Waals surface area contributed by atoms with E-state index in [-0.39, 0.29) is 33.4 Å². The molecule has 182 valence electrons. The lowest BCUT2D eigenvalue weighted by Crippen LogP contribution is -2.38. The zero-order valence-corrected chi connectivity index (χ0v) is 20.5. The number of para-hydroxylation sites is 1. The molecule has 0 aromatic heterocycles. The van der Waals surface area contributed by atoms with Gasteiger partial charge in [0.15, 0.2) is 0 Å². The molecule has 0 unspecified atom stereocenters. The molecule has 2 N–H and O–H groups in total. The average Bonchev–Trinajstić information content (AvgIpc) is 2.86. The molecule has 3 aromatic rings. The fourth-order valence-electron chi connectivity index (χ4n) is 3.22. The number of anilines is 2. The highest BCUT2D eigenvalue weighted by atomic mass is 35.5. The van der Waals surface area contributed by atoms with E-state index in [4.69, 9.17) is 16.3 Å². The normalized spacial score (nSPS) is 10.8. The number of benzene rings is 3. The number of hydrogen-bond acceptors (Lipinski definition) is 5. The van der Waals surface area contributed by atoms with Crippen molar-refractivity contribution < 1.29 is 22.7 Å². The van der Waals surface area contributed by atoms with Gasteiger partial charge in [-0.2, -0.15) is 0 Å². The van der Waals surface area contributed by atoms with E-state index in [2.05, 4.69) is 17.2 Å². The summed E-state index contributed by atoms with van der Waals surface area (Å²) in [6.45, 7) is 3.24. The summed E-state index contributed by atoms with van der Waals surface area (Å²) in [5.41, 5.74) is 0.642. The Hall–Kier alpha value is -3.82. The SMILES string of the molecule is C=CCNC(=O)c1ccccc1NC(=O)CN(c1ccc(OC)c(Cl)c1)S(=O)(=O)c1ccccc1. The van der Waals surface area contributed by atoms with Crippen LogP contribution in [0.1, 0.15) is 10.4 Å². The molecule has 8 nitrogen and oxygen atoms in total. The fraction of sp³-hybridized carbons (Fsp3) is 0.120. The monoisotopic (exact) mass is 513 g/mol. The van der Waals surface area contributed by atoms with Crippen LogP contribution >= 0.6 is 11.6 Å². The van der Waals surface area contributed by atoms with Crippen LogP contribution in [0.15, 0.2) is 90.3 Å². The van der Waals surface area contributed by atoms with Crippen LogP contribution in [0.25, 0.3) is 0 Å². The number of ether oxygens (including phenoxy) is 1. The first-order valence-electron chi connectivity index (χ1n) is 10.5. The van der Waals surface area contributed by atoms with Crippen LogP contribution in [0.4, 0.5) is 11.4 Å². The molecule has 0 aliphatic carbocycles. The second-order valence-electron chi connectivity index (χ2n) is 7.24. The van der Waals surface area contributed by atoms with Gasteiger partial charge in [-0.1, -0.05) is 48.0 Å². The van der Waals surface area contributed by atoms with Gasteiger partial charge in [0.2, 0.25) is 5.91 Å². The van der Waals surface area contributed by atoms with Gasteiger partial charge in [0.25, 0.3) is 15.9 Å². The van der Waals surface area contributed by atoms with Crippen molar-refractivity contribution in [3.8, 4) is 5.75 Å². The molecular weight excluding hydrogens is 490 g/mol. The van der Waals surface area contributed by atoms with E-state index in [1.54, 1.807) is 42.5 Å². The van der Waals surface area contributed by atoms with Crippen molar-refractivity contribution >= 4 is 44.8 Å². The maximum Gasteiger partial charge on any atom is 0.264 e. The van der Waals surface area contributed by atoms with Crippen LogP contribution in [0.5, 0.6) is 5.75 Å². The summed E-state index contributed by atoms with van der Waals surface area (Å²) in [6, 6.07) is 18.6. The molecule has 10 heteroatoms. The predicted octanol–water partition coefficient (Wildman–Crippen LogP) is 4.10. The summed E-state index contributed by atoms with van der Waals surface area (Å²) in [5.74, 6) is -0.701. The Labute approximate surface area is 209 Å². The van der Waals surface area contributed by atoms with E-state index < -0.39 is 28.4 Å². The van der Waals surface area contributed by atoms with Crippen molar-refractivity contribution in [1.29, 1.82) is 0 Å². The highest BCUT2D eigenvalue weighted by Crippen LogP contribution is 2.32. The molecule has 0 saturated carbocycles. The predicted molar refractivity (Wildman–Crippen MR) is 137 cm³/mol. The topological polar surface area (TPSA) is 105 Å². The van der Waals surface area contributed by atoms with Crippen molar-refractivity contribution in [2.24, 2.45) is 0 Å². The standard InChI is InChI=1S/C25H24ClN3O5S/c1-3-15-27-25(31)20-11-7-8-12-22(20)28-24(30)17-29(18-13-14-23(34-2)21(26)16-18)35(32,33)19-9-5-4-6-10-19/h3-14,16H,1,15,17H2,2H3,(H,27,31)(H,28,30). The van der Waals surface area contributed by atoms with Crippen LogP contribution in [-0.4, -0.2) is 40.4 Å². The number of sulfonamides is 1. The first-order valence-corrected chi connectivity index (χ1v) is 12.3. The number of carbonyl (C=O) groups excluding carboxylic acids is 2. The maximum absolute atomic E-state index is 13.5. The lowest BCUT2D eigenvalue weighted by atomic mass is 10.1. The van der Waals surface area contributed by atoms with E-state index in [0.717, 1.165) is 4.31 Å². The van der Waals surface area contributed by atoms with Gasteiger partial charge in [0.05, 0.1) is 34.0 Å². The van der Waals surface area contributed by atoms with Crippen LogP contribution in [0.3, 0.4) is 0 Å². The van der Waals surface area contributed by atoms with Crippen molar-refractivity contribution in [3.63, 3.8) is 0 Å². The molecule has 0 heterocycles. The Morgan fingerprint density at radius 3 is 2.40 bits per heavy atom. The van der Waals surface area contributed by atoms with E-state index in [0.29, 0.717) is 5.75 Å². The number of methoxy groups -OCH3 is 1. The Morgan fingerprint density at radius 2 is 1.74 bits per heavy atom. The second-order valence-corrected chi connectivity index (χ2v) is 9.51. The third kappa shape index (κ3) is 6.20. The molecule has 0 bridgehead atoms. The first kappa shape index (κ1) is 25.8. The van der Waals surface area contributed by atoms with Gasteiger partial charge < -0.3 is 15.4 Å². The lowest BCUT2D eigenvalue weighted by Gasteiger charge is -2.25. The number of halogens is 1. The molecule has 0 aliphatic heterocycles. The zero-order chi connectivity index (χ0) is 25.4. The smallest absolute Gasteiger partial charge is 0.264 e. The van der Waals surface area contributed by atoms with Crippen LogP contribution in [0.2, 0.25) is 5.02 Å². The van der Waals surface area contributed by atoms with Gasteiger partial charge in [-0.25, -0.2) is 8.42 Å². The molecule has 2 amide bonds. The summed E-state index contributed by atoms with van der Waals surface area (Å²) in [6.07, 6.45) is 1.53. The summed E-state index contributed by atoms with van der Waals surface area (Å²) in [5, 5.41) is 5.47. The molecule has 0 spiro atoms. The van der Waals surface area contributed by atoms with Gasteiger partial charge in [0.1, 0.15) is 12.3 Å². The van der Waals surface area contributed by atoms with Crippen LogP contribution in [-0.2, 0) is 14.8 Å². The number of rotatable bonds is 10. The number of amides is 2. The molecule has 0 saturated heterocycles. The van der Waals surface area contributed by atoms with Crippen molar-refractivity contribution in [3.05, 3.63) is 96.0 Å². The molecular formula is C25H24ClN3O5S. The lowest BCUT2D eigenvalue weighted by molar-refractivity contribution is -0.114. The van der Waals surface area contributed by atoms with Crippen LogP contribution in [0, 0.1) is 0 Å². The largest absolute Gasteiger partial charge is 0.495 e. The molecule has 0 aliphatic rings. The van der Waals surface area contributed by atoms with Crippen molar-refractivity contribution in [2.75, 3.05) is 29.8 Å². The van der Waals surface area contributed by atoms with Gasteiger partial charge >= 0.3 is 0 Å². The highest BCUT2D eigenvalue weighted by Gasteiger charge is 2.28. The summed E-state index contributed by atoms with van der Waals surface area (Å²) < 4.78 is 33.1. The second kappa shape index (κ2) is 11.5. The summed E-state index contributed by atoms with van der Waals surface area (Å²) in [4.78, 5) is 25.5. The average molecular weight is 514 g/mol. The molecule has 3 rings (SSSR count). The summed E-state index contributed by atoms with van der Waals surface area (Å²) >= 11 is 6.23. The molecule has 0 fully saturated rings. The fourth-order valence-corrected chi connectivity index (χ4v) is 4.90. The number of nitrogens with zero attached hydrogens (tertiary/aromatic N) is 1. The van der Waals surface area contributed by atoms with Gasteiger partial charge in [-0.3, -0.25) is 13.9 Å². The third-order valence-electron chi connectivity index (χ3n) is 4.89. The molecule has 0 radical (unpaired) electrons. The van der Waals surface area contributed by atoms with Gasteiger partial charge in [-0.15, -0.1) is 6.58 Å². The number of hydrogen-bond donors (Lipinski definition) is 2. The van der Waals surface area contributed by atoms with E-state index >= 15 is 0 Å². The summed E-state index contributed by atoms with van der Waals surface area (Å²) in [7, 11) is -2.69. The molecule has 35 heavy (non-hydrogen) atoms. The Balaban J connectivity index is 1.95. The van der Waals surface area contributed by atoms with Crippen molar-refractivity contribution in [1.82, 2.24) is 5.32 Å². The first-order chi connectivity index (χ1) is 16.8. The van der Waals surface area contributed by atoms with Gasteiger partial charge in [0, 0.05) is 6.54 Å². The van der Waals surface area contributed by atoms with E-state index in [1.807, 2.05) is 0 Å². The zero-order valence-electron chi connectivity index (χ0n) is 18.9. The van der Waals surface area contributed by atoms with E-state index in [1.165, 1.54) is 43.5 Å². The number of carbonyl (C=O) groups is 2.